The van der Waals surface area contributed by atoms with Gasteiger partial charge in [-0.25, -0.2) is 4.98 Å². The van der Waals surface area contributed by atoms with Gasteiger partial charge in [-0.1, -0.05) is 30.3 Å². The van der Waals surface area contributed by atoms with E-state index in [9.17, 15) is 0 Å². The summed E-state index contributed by atoms with van der Waals surface area (Å²) in [5, 5.41) is 11.6. The zero-order valence-electron chi connectivity index (χ0n) is 11.6. The van der Waals surface area contributed by atoms with Crippen molar-refractivity contribution in [1.82, 2.24) is 25.0 Å². The summed E-state index contributed by atoms with van der Waals surface area (Å²) in [6.45, 7) is 0. The Labute approximate surface area is 125 Å². The molecule has 22 heavy (non-hydrogen) atoms. The molecule has 0 unspecified atom stereocenters. The Kier molecular flexibility index (Phi) is 2.16. The topological polar surface area (TPSA) is 59.4 Å². The summed E-state index contributed by atoms with van der Waals surface area (Å²) < 4.78 is 0. The van der Waals surface area contributed by atoms with Gasteiger partial charge in [0.1, 0.15) is 11.0 Å². The molecule has 0 aliphatic heterocycles. The number of rotatable bonds is 1. The molecule has 3 aromatic carbocycles. The number of hydrogen-bond donors (Lipinski definition) is 1. The lowest BCUT2D eigenvalue weighted by molar-refractivity contribution is 0.767. The molecule has 1 N–H and O–H groups in total. The highest BCUT2D eigenvalue weighted by atomic mass is 15.5. The predicted octanol–water partition coefficient (Wildman–Crippen LogP) is 3.45. The number of fused-ring (bicyclic) bond motifs is 4. The molecule has 2 aromatic heterocycles. The van der Waals surface area contributed by atoms with Crippen LogP contribution in [0.2, 0.25) is 0 Å². The minimum absolute atomic E-state index is 0.892. The first-order chi connectivity index (χ1) is 10.9. The van der Waals surface area contributed by atoms with Gasteiger partial charge >= 0.3 is 0 Å². The Bertz CT molecular complexity index is 1140. The quantitative estimate of drug-likeness (QED) is 0.513. The molecule has 0 saturated carbocycles. The minimum atomic E-state index is 0.892. The molecule has 5 heteroatoms. The first-order valence-electron chi connectivity index (χ1n) is 7.07. The molecule has 0 spiro atoms. The zero-order chi connectivity index (χ0) is 14.5. The Hall–Kier alpha value is -3.21. The lowest BCUT2D eigenvalue weighted by atomic mass is 10.1. The average molecular weight is 285 g/mol. The minimum Gasteiger partial charge on any atom is -0.345 e. The van der Waals surface area contributed by atoms with Crippen molar-refractivity contribution in [2.45, 2.75) is 0 Å². The molecule has 0 saturated heterocycles. The highest BCUT2D eigenvalue weighted by Crippen LogP contribution is 2.23. The van der Waals surface area contributed by atoms with Gasteiger partial charge in [-0.05, 0) is 29.7 Å². The SMILES string of the molecule is c1ccc2c(c1)ccc1nn(-c3ccc4nc[nH]c4c3)nc12. The van der Waals surface area contributed by atoms with Gasteiger partial charge in [0, 0.05) is 5.39 Å². The van der Waals surface area contributed by atoms with E-state index in [0.29, 0.717) is 0 Å². The molecule has 0 aliphatic carbocycles. The molecule has 5 rings (SSSR count). The van der Waals surface area contributed by atoms with Crippen LogP contribution in [0.25, 0.3) is 38.5 Å². The largest absolute Gasteiger partial charge is 0.345 e. The van der Waals surface area contributed by atoms with E-state index in [1.54, 1.807) is 11.1 Å². The van der Waals surface area contributed by atoms with Crippen molar-refractivity contribution < 1.29 is 0 Å². The monoisotopic (exact) mass is 285 g/mol. The molecule has 0 atom stereocenters. The second-order valence-electron chi connectivity index (χ2n) is 5.25. The predicted molar refractivity (Wildman–Crippen MR) is 86.0 cm³/mol. The molecule has 0 aliphatic rings. The van der Waals surface area contributed by atoms with Gasteiger partial charge in [-0.2, -0.15) is 4.80 Å². The first kappa shape index (κ1) is 11.4. The molecule has 5 nitrogen and oxygen atoms in total. The van der Waals surface area contributed by atoms with Crippen LogP contribution in [0.3, 0.4) is 0 Å². The van der Waals surface area contributed by atoms with Crippen LogP contribution < -0.4 is 0 Å². The molecular weight excluding hydrogens is 274 g/mol. The van der Waals surface area contributed by atoms with E-state index in [-0.39, 0.29) is 0 Å². The number of nitrogens with one attached hydrogen (secondary N) is 1. The molecule has 0 fully saturated rings. The highest BCUT2D eigenvalue weighted by molar-refractivity contribution is 6.03. The normalized spacial score (nSPS) is 11.6. The van der Waals surface area contributed by atoms with E-state index >= 15 is 0 Å². The maximum Gasteiger partial charge on any atom is 0.121 e. The van der Waals surface area contributed by atoms with Gasteiger partial charge in [0.05, 0.1) is 23.0 Å². The van der Waals surface area contributed by atoms with Gasteiger partial charge in [0.15, 0.2) is 0 Å². The molecule has 0 bridgehead atoms. The summed E-state index contributed by atoms with van der Waals surface area (Å²) in [6, 6.07) is 18.3. The molecule has 0 amide bonds. The van der Waals surface area contributed by atoms with Gasteiger partial charge in [-0.15, -0.1) is 10.2 Å². The summed E-state index contributed by atoms with van der Waals surface area (Å²) in [5.74, 6) is 0. The lowest BCUT2D eigenvalue weighted by Gasteiger charge is -1.98. The Morgan fingerprint density at radius 3 is 2.77 bits per heavy atom. The number of H-pyrrole nitrogens is 1. The fourth-order valence-electron chi connectivity index (χ4n) is 2.81. The highest BCUT2D eigenvalue weighted by Gasteiger charge is 2.09. The third kappa shape index (κ3) is 1.56. The van der Waals surface area contributed by atoms with Crippen molar-refractivity contribution in [1.29, 1.82) is 0 Å². The summed E-state index contributed by atoms with van der Waals surface area (Å²) in [5.41, 5.74) is 4.64. The number of nitrogens with zero attached hydrogens (tertiary/aromatic N) is 4. The fourth-order valence-corrected chi connectivity index (χ4v) is 2.81. The van der Waals surface area contributed by atoms with Crippen molar-refractivity contribution in [3.63, 3.8) is 0 Å². The van der Waals surface area contributed by atoms with E-state index in [1.165, 1.54) is 5.39 Å². The second kappa shape index (κ2) is 4.14. The van der Waals surface area contributed by atoms with Gasteiger partial charge < -0.3 is 4.98 Å². The second-order valence-corrected chi connectivity index (χ2v) is 5.25. The number of hydrogen-bond acceptors (Lipinski definition) is 3. The van der Waals surface area contributed by atoms with Crippen molar-refractivity contribution in [2.24, 2.45) is 0 Å². The summed E-state index contributed by atoms with van der Waals surface area (Å²) in [6.07, 6.45) is 1.69. The molecule has 5 aromatic rings. The van der Waals surface area contributed by atoms with Crippen LogP contribution in [0, 0.1) is 0 Å². The summed E-state index contributed by atoms with van der Waals surface area (Å²) in [7, 11) is 0. The number of benzene rings is 3. The van der Waals surface area contributed by atoms with Gasteiger partial charge in [0.25, 0.3) is 0 Å². The number of aromatic nitrogens is 5. The van der Waals surface area contributed by atoms with Gasteiger partial charge in [-0.3, -0.25) is 0 Å². The van der Waals surface area contributed by atoms with E-state index in [1.807, 2.05) is 36.4 Å². The third-order valence-corrected chi connectivity index (χ3v) is 3.91. The summed E-state index contributed by atoms with van der Waals surface area (Å²) >= 11 is 0. The van der Waals surface area contributed by atoms with Crippen molar-refractivity contribution >= 4 is 32.8 Å². The van der Waals surface area contributed by atoms with Crippen LogP contribution in [0.5, 0.6) is 0 Å². The van der Waals surface area contributed by atoms with Crippen molar-refractivity contribution in [3.05, 3.63) is 60.9 Å². The van der Waals surface area contributed by atoms with Crippen molar-refractivity contribution in [2.75, 3.05) is 0 Å². The maximum atomic E-state index is 4.67. The van der Waals surface area contributed by atoms with E-state index < -0.39 is 0 Å². The third-order valence-electron chi connectivity index (χ3n) is 3.91. The number of imidazole rings is 1. The van der Waals surface area contributed by atoms with E-state index in [2.05, 4.69) is 38.4 Å². The Morgan fingerprint density at radius 2 is 1.77 bits per heavy atom. The number of aromatic amines is 1. The van der Waals surface area contributed by atoms with Crippen LogP contribution >= 0.6 is 0 Å². The van der Waals surface area contributed by atoms with Crippen LogP contribution in [-0.2, 0) is 0 Å². The van der Waals surface area contributed by atoms with Crippen LogP contribution in [0.15, 0.2) is 60.9 Å². The molecule has 104 valence electrons. The van der Waals surface area contributed by atoms with E-state index in [4.69, 9.17) is 0 Å². The maximum absolute atomic E-state index is 4.67. The Balaban J connectivity index is 1.78. The van der Waals surface area contributed by atoms with Crippen LogP contribution in [-0.4, -0.2) is 25.0 Å². The fraction of sp³-hybridized carbons (Fsp3) is 0. The Morgan fingerprint density at radius 1 is 0.864 bits per heavy atom. The van der Waals surface area contributed by atoms with Crippen molar-refractivity contribution in [3.8, 4) is 5.69 Å². The van der Waals surface area contributed by atoms with Crippen LogP contribution in [0.4, 0.5) is 0 Å². The first-order valence-corrected chi connectivity index (χ1v) is 7.07. The van der Waals surface area contributed by atoms with Crippen LogP contribution in [0.1, 0.15) is 0 Å². The summed E-state index contributed by atoms with van der Waals surface area (Å²) in [4.78, 5) is 9.02. The van der Waals surface area contributed by atoms with E-state index in [0.717, 1.165) is 33.1 Å². The lowest BCUT2D eigenvalue weighted by Crippen LogP contribution is -1.98. The molecule has 2 heterocycles. The standard InChI is InChI=1S/C17H11N5/c1-2-4-13-11(3-1)5-7-15-17(13)21-22(20-15)12-6-8-14-16(9-12)19-10-18-14/h1-10H,(H,18,19). The zero-order valence-corrected chi connectivity index (χ0v) is 11.6. The molecular formula is C17H11N5. The smallest absolute Gasteiger partial charge is 0.121 e. The van der Waals surface area contributed by atoms with Gasteiger partial charge in [0.2, 0.25) is 0 Å². The average Bonchev–Trinajstić information content (AvgIpc) is 3.20. The molecule has 0 radical (unpaired) electrons.